The van der Waals surface area contributed by atoms with Gasteiger partial charge >= 0.3 is 0 Å². The van der Waals surface area contributed by atoms with Crippen LogP contribution in [0.5, 0.6) is 0 Å². The Kier molecular flexibility index (Phi) is 5.66. The molecule has 1 N–H and O–H groups in total. The molecule has 6 heteroatoms. The molecule has 0 unspecified atom stereocenters. The summed E-state index contributed by atoms with van der Waals surface area (Å²) >= 11 is 0. The summed E-state index contributed by atoms with van der Waals surface area (Å²) < 4.78 is 25.0. The van der Waals surface area contributed by atoms with E-state index >= 15 is 0 Å². The third kappa shape index (κ3) is 5.01. The van der Waals surface area contributed by atoms with E-state index in [4.69, 9.17) is 0 Å². The normalized spacial score (nSPS) is 11.1. The number of carbonyl (C=O) groups is 1. The Morgan fingerprint density at radius 1 is 0.963 bits per heavy atom. The second-order valence-electron chi connectivity index (χ2n) is 6.31. The molecule has 2 aromatic carbocycles. The maximum atomic E-state index is 12.5. The lowest BCUT2D eigenvalue weighted by Gasteiger charge is -2.08. The molecule has 0 aliphatic rings. The number of aryl methyl sites for hydroxylation is 1. The first-order valence-corrected chi connectivity index (χ1v) is 10.1. The van der Waals surface area contributed by atoms with Crippen LogP contribution in [-0.4, -0.2) is 19.3 Å². The van der Waals surface area contributed by atoms with Crippen LogP contribution in [0.4, 0.5) is 0 Å². The highest BCUT2D eigenvalue weighted by Gasteiger charge is 2.15. The number of benzene rings is 2. The van der Waals surface area contributed by atoms with E-state index in [0.29, 0.717) is 22.6 Å². The van der Waals surface area contributed by atoms with Gasteiger partial charge in [-0.05, 0) is 48.4 Å². The Morgan fingerprint density at radius 3 is 2.30 bits per heavy atom. The van der Waals surface area contributed by atoms with Crippen molar-refractivity contribution in [1.29, 1.82) is 0 Å². The van der Waals surface area contributed by atoms with E-state index in [1.807, 2.05) is 19.1 Å². The van der Waals surface area contributed by atoms with Crippen molar-refractivity contribution in [3.05, 3.63) is 95.3 Å². The van der Waals surface area contributed by atoms with Crippen LogP contribution < -0.4 is 5.32 Å². The van der Waals surface area contributed by atoms with E-state index in [9.17, 15) is 13.2 Å². The predicted molar refractivity (Wildman–Crippen MR) is 104 cm³/mol. The van der Waals surface area contributed by atoms with Gasteiger partial charge in [-0.15, -0.1) is 0 Å². The van der Waals surface area contributed by atoms with Crippen LogP contribution in [0.15, 0.2) is 78.0 Å². The van der Waals surface area contributed by atoms with Crippen molar-refractivity contribution < 1.29 is 13.2 Å². The fourth-order valence-electron chi connectivity index (χ4n) is 2.59. The molecule has 3 rings (SSSR count). The Labute approximate surface area is 159 Å². The summed E-state index contributed by atoms with van der Waals surface area (Å²) in [6.07, 6.45) is 3.37. The highest BCUT2D eigenvalue weighted by molar-refractivity contribution is 7.90. The Hall–Kier alpha value is -2.99. The number of nitrogens with zero attached hydrogens (tertiary/aromatic N) is 1. The van der Waals surface area contributed by atoms with Crippen LogP contribution in [0, 0.1) is 6.92 Å². The first-order chi connectivity index (χ1) is 12.9. The first-order valence-electron chi connectivity index (χ1n) is 8.49. The maximum absolute atomic E-state index is 12.5. The molecule has 5 nitrogen and oxygen atoms in total. The van der Waals surface area contributed by atoms with E-state index in [-0.39, 0.29) is 11.7 Å². The second-order valence-corrected chi connectivity index (χ2v) is 8.30. The minimum Gasteiger partial charge on any atom is -0.348 e. The standard InChI is InChI=1S/C21H20N2O3S/c1-16-4-10-20(11-5-16)27(25,26)15-17-6-8-19(9-7-17)21(24)23-14-18-3-2-12-22-13-18/h2-13H,14-15H2,1H3,(H,23,24). The summed E-state index contributed by atoms with van der Waals surface area (Å²) in [4.78, 5) is 16.5. The third-order valence-electron chi connectivity index (χ3n) is 4.13. The van der Waals surface area contributed by atoms with E-state index in [1.54, 1.807) is 60.9 Å². The molecule has 1 amide bonds. The van der Waals surface area contributed by atoms with Crippen LogP contribution in [0.2, 0.25) is 0 Å². The molecular formula is C21H20N2O3S. The fourth-order valence-corrected chi connectivity index (χ4v) is 3.94. The molecule has 0 aliphatic heterocycles. The molecule has 0 atom stereocenters. The number of pyridine rings is 1. The zero-order valence-electron chi connectivity index (χ0n) is 14.9. The Bertz CT molecular complexity index is 1010. The van der Waals surface area contributed by atoms with Crippen LogP contribution in [0.1, 0.15) is 27.0 Å². The van der Waals surface area contributed by atoms with Gasteiger partial charge in [0.1, 0.15) is 0 Å². The van der Waals surface area contributed by atoms with Crippen molar-refractivity contribution in [3.63, 3.8) is 0 Å². The molecule has 3 aromatic rings. The van der Waals surface area contributed by atoms with Crippen molar-refractivity contribution in [1.82, 2.24) is 10.3 Å². The van der Waals surface area contributed by atoms with Gasteiger partial charge in [0.2, 0.25) is 0 Å². The summed E-state index contributed by atoms with van der Waals surface area (Å²) in [5.74, 6) is -0.319. The second kappa shape index (κ2) is 8.14. The Balaban J connectivity index is 1.64. The molecule has 0 radical (unpaired) electrons. The summed E-state index contributed by atoms with van der Waals surface area (Å²) in [7, 11) is -3.42. The summed E-state index contributed by atoms with van der Waals surface area (Å²) in [6, 6.07) is 17.1. The highest BCUT2D eigenvalue weighted by atomic mass is 32.2. The van der Waals surface area contributed by atoms with E-state index in [2.05, 4.69) is 10.3 Å². The summed E-state index contributed by atoms with van der Waals surface area (Å²) in [5, 5.41) is 2.82. The maximum Gasteiger partial charge on any atom is 0.251 e. The molecule has 0 fully saturated rings. The quantitative estimate of drug-likeness (QED) is 0.712. The van der Waals surface area contributed by atoms with Gasteiger partial charge in [-0.1, -0.05) is 35.9 Å². The smallest absolute Gasteiger partial charge is 0.251 e. The summed E-state index contributed by atoms with van der Waals surface area (Å²) in [6.45, 7) is 2.30. The Morgan fingerprint density at radius 2 is 1.67 bits per heavy atom. The van der Waals surface area contributed by atoms with Gasteiger partial charge < -0.3 is 5.32 Å². The number of carbonyl (C=O) groups excluding carboxylic acids is 1. The SMILES string of the molecule is Cc1ccc(S(=O)(=O)Cc2ccc(C(=O)NCc3cccnc3)cc2)cc1. The van der Waals surface area contributed by atoms with Crippen LogP contribution >= 0.6 is 0 Å². The number of amides is 1. The lowest BCUT2D eigenvalue weighted by Crippen LogP contribution is -2.22. The molecule has 0 saturated carbocycles. The van der Waals surface area contributed by atoms with Gasteiger partial charge in [-0.25, -0.2) is 8.42 Å². The topological polar surface area (TPSA) is 76.1 Å². The van der Waals surface area contributed by atoms with Crippen LogP contribution in [0.25, 0.3) is 0 Å². The van der Waals surface area contributed by atoms with E-state index in [0.717, 1.165) is 11.1 Å². The van der Waals surface area contributed by atoms with Gasteiger partial charge in [-0.3, -0.25) is 9.78 Å². The molecule has 0 bridgehead atoms. The molecule has 1 aromatic heterocycles. The molecule has 138 valence electrons. The molecule has 0 saturated heterocycles. The lowest BCUT2D eigenvalue weighted by atomic mass is 10.1. The number of hydrogen-bond acceptors (Lipinski definition) is 4. The van der Waals surface area contributed by atoms with Gasteiger partial charge in [0.15, 0.2) is 9.84 Å². The molecule has 1 heterocycles. The highest BCUT2D eigenvalue weighted by Crippen LogP contribution is 2.17. The van der Waals surface area contributed by atoms with Gasteiger partial charge in [-0.2, -0.15) is 0 Å². The minimum atomic E-state index is -3.42. The van der Waals surface area contributed by atoms with Crippen LogP contribution in [-0.2, 0) is 22.1 Å². The zero-order chi connectivity index (χ0) is 19.3. The van der Waals surface area contributed by atoms with Crippen molar-refractivity contribution in [3.8, 4) is 0 Å². The number of rotatable bonds is 6. The monoisotopic (exact) mass is 380 g/mol. The van der Waals surface area contributed by atoms with Crippen molar-refractivity contribution in [2.75, 3.05) is 0 Å². The average Bonchev–Trinajstić information content (AvgIpc) is 2.67. The minimum absolute atomic E-state index is 0.104. The molecule has 0 spiro atoms. The van der Waals surface area contributed by atoms with Gasteiger partial charge in [0.05, 0.1) is 10.6 Å². The van der Waals surface area contributed by atoms with Gasteiger partial charge in [0, 0.05) is 24.5 Å². The third-order valence-corrected chi connectivity index (χ3v) is 5.83. The van der Waals surface area contributed by atoms with Gasteiger partial charge in [0.25, 0.3) is 5.91 Å². The van der Waals surface area contributed by atoms with Crippen LogP contribution in [0.3, 0.4) is 0 Å². The average molecular weight is 380 g/mol. The number of hydrogen-bond donors (Lipinski definition) is 1. The lowest BCUT2D eigenvalue weighted by molar-refractivity contribution is 0.0951. The van der Waals surface area contributed by atoms with E-state index in [1.165, 1.54) is 0 Å². The largest absolute Gasteiger partial charge is 0.348 e. The molecular weight excluding hydrogens is 360 g/mol. The molecule has 0 aliphatic carbocycles. The zero-order valence-corrected chi connectivity index (χ0v) is 15.7. The summed E-state index contributed by atoms with van der Waals surface area (Å²) in [5.41, 5.74) is 3.04. The fraction of sp³-hybridized carbons (Fsp3) is 0.143. The number of aromatic nitrogens is 1. The molecule has 27 heavy (non-hydrogen) atoms. The number of nitrogens with one attached hydrogen (secondary N) is 1. The van der Waals surface area contributed by atoms with E-state index < -0.39 is 9.84 Å². The first kappa shape index (κ1) is 18.8. The van der Waals surface area contributed by atoms with Crippen molar-refractivity contribution >= 4 is 15.7 Å². The predicted octanol–water partition coefficient (Wildman–Crippen LogP) is 3.29. The number of sulfone groups is 1. The van der Waals surface area contributed by atoms with Crippen molar-refractivity contribution in [2.24, 2.45) is 0 Å². The van der Waals surface area contributed by atoms with Crippen molar-refractivity contribution in [2.45, 2.75) is 24.1 Å².